The number of Topliss-reactive ketones (excluding diaryl/α,β-unsaturated/α-hetero) is 1. The summed E-state index contributed by atoms with van der Waals surface area (Å²) in [6, 6.07) is -0.776. The second-order valence-electron chi connectivity index (χ2n) is 7.36. The van der Waals surface area contributed by atoms with Crippen LogP contribution in [0.5, 0.6) is 0 Å². The minimum absolute atomic E-state index is 0.0318. The zero-order chi connectivity index (χ0) is 23.7. The van der Waals surface area contributed by atoms with Crippen LogP contribution >= 0.6 is 15.9 Å². The van der Waals surface area contributed by atoms with E-state index in [2.05, 4.69) is 31.0 Å². The lowest BCUT2D eigenvalue weighted by molar-refractivity contribution is -0.205. The van der Waals surface area contributed by atoms with Gasteiger partial charge in [0, 0.05) is 12.6 Å². The molecule has 0 radical (unpaired) electrons. The van der Waals surface area contributed by atoms with Crippen LogP contribution in [0.4, 0.5) is 13.2 Å². The zero-order valence-electron chi connectivity index (χ0n) is 16.4. The van der Waals surface area contributed by atoms with E-state index in [0.717, 1.165) is 10.8 Å². The Balaban J connectivity index is 1.93. The molecule has 176 valence electrons. The number of aromatic amines is 1. The SMILES string of the molecule is O=C(OC[C@H]1O[C@@H](n2cc(/C=C/Br)c(=O)[nH]c2=O)C[C@@]1(O)C(=O)[C@@H]1CCCN1)C(F)(F)F. The third-order valence-electron chi connectivity index (χ3n) is 5.29. The van der Waals surface area contributed by atoms with Gasteiger partial charge in [-0.1, -0.05) is 15.9 Å². The number of hydrogen-bond donors (Lipinski definition) is 3. The second kappa shape index (κ2) is 9.29. The van der Waals surface area contributed by atoms with Crippen LogP contribution in [-0.2, 0) is 19.1 Å². The van der Waals surface area contributed by atoms with Gasteiger partial charge in [0.2, 0.25) is 0 Å². The van der Waals surface area contributed by atoms with Crippen molar-refractivity contribution in [3.63, 3.8) is 0 Å². The summed E-state index contributed by atoms with van der Waals surface area (Å²) in [5, 5.41) is 14.0. The average Bonchev–Trinajstić information content (AvgIpc) is 3.36. The molecule has 32 heavy (non-hydrogen) atoms. The van der Waals surface area contributed by atoms with Crippen LogP contribution in [0, 0.1) is 0 Å². The van der Waals surface area contributed by atoms with Crippen LogP contribution in [0.25, 0.3) is 6.08 Å². The van der Waals surface area contributed by atoms with Gasteiger partial charge in [-0.25, -0.2) is 9.59 Å². The number of ether oxygens (including phenoxy) is 2. The van der Waals surface area contributed by atoms with Gasteiger partial charge in [0.15, 0.2) is 11.4 Å². The first-order valence-corrected chi connectivity index (χ1v) is 10.4. The van der Waals surface area contributed by atoms with Crippen molar-refractivity contribution in [3.8, 4) is 0 Å². The summed E-state index contributed by atoms with van der Waals surface area (Å²) < 4.78 is 48.2. The minimum Gasteiger partial charge on any atom is -0.456 e. The van der Waals surface area contributed by atoms with Crippen molar-refractivity contribution < 1.29 is 37.3 Å². The van der Waals surface area contributed by atoms with Crippen molar-refractivity contribution in [1.29, 1.82) is 0 Å². The van der Waals surface area contributed by atoms with E-state index >= 15 is 0 Å². The molecule has 0 spiro atoms. The number of carbonyl (C=O) groups is 2. The second-order valence-corrected chi connectivity index (χ2v) is 7.89. The fourth-order valence-electron chi connectivity index (χ4n) is 3.69. The van der Waals surface area contributed by atoms with E-state index in [9.17, 15) is 37.5 Å². The molecule has 2 fully saturated rings. The van der Waals surface area contributed by atoms with Crippen molar-refractivity contribution in [2.45, 2.75) is 49.4 Å². The first-order chi connectivity index (χ1) is 15.0. The van der Waals surface area contributed by atoms with E-state index in [-0.39, 0.29) is 5.56 Å². The molecule has 0 unspecified atom stereocenters. The maximum Gasteiger partial charge on any atom is 0.490 e. The van der Waals surface area contributed by atoms with Gasteiger partial charge in [0.25, 0.3) is 5.56 Å². The Morgan fingerprint density at radius 1 is 1.41 bits per heavy atom. The van der Waals surface area contributed by atoms with Crippen molar-refractivity contribution in [2.24, 2.45) is 0 Å². The smallest absolute Gasteiger partial charge is 0.456 e. The first kappa shape index (κ1) is 24.4. The van der Waals surface area contributed by atoms with Crippen LogP contribution in [0.15, 0.2) is 20.8 Å². The van der Waals surface area contributed by atoms with Crippen LogP contribution < -0.4 is 16.6 Å². The molecule has 0 aliphatic carbocycles. The Morgan fingerprint density at radius 3 is 2.72 bits per heavy atom. The van der Waals surface area contributed by atoms with E-state index in [0.29, 0.717) is 19.4 Å². The molecular formula is C18H19BrF3N3O7. The Kier molecular flexibility index (Phi) is 7.07. The van der Waals surface area contributed by atoms with Gasteiger partial charge < -0.3 is 19.9 Å². The summed E-state index contributed by atoms with van der Waals surface area (Å²) in [5.74, 6) is -3.26. The Bertz CT molecular complexity index is 1030. The molecule has 2 aliphatic heterocycles. The number of nitrogens with zero attached hydrogens (tertiary/aromatic N) is 1. The normalized spacial score (nSPS) is 28.3. The molecule has 0 aromatic carbocycles. The lowest BCUT2D eigenvalue weighted by atomic mass is 9.85. The molecule has 0 amide bonds. The van der Waals surface area contributed by atoms with Crippen LogP contribution in [0.3, 0.4) is 0 Å². The predicted octanol–water partition coefficient (Wildman–Crippen LogP) is 0.347. The third-order valence-corrected chi connectivity index (χ3v) is 5.55. The van der Waals surface area contributed by atoms with Crippen LogP contribution in [0.2, 0.25) is 0 Å². The number of halogens is 4. The van der Waals surface area contributed by atoms with Crippen molar-refractivity contribution in [1.82, 2.24) is 14.9 Å². The van der Waals surface area contributed by atoms with Crippen molar-refractivity contribution in [2.75, 3.05) is 13.2 Å². The molecule has 0 saturated carbocycles. The molecule has 2 aliphatic rings. The lowest BCUT2D eigenvalue weighted by Crippen LogP contribution is -2.55. The number of nitrogens with one attached hydrogen (secondary N) is 2. The number of aliphatic hydroxyl groups is 1. The summed E-state index contributed by atoms with van der Waals surface area (Å²) in [6.07, 6.45) is -5.32. The van der Waals surface area contributed by atoms with Gasteiger partial charge in [-0.2, -0.15) is 13.2 Å². The largest absolute Gasteiger partial charge is 0.490 e. The van der Waals surface area contributed by atoms with Gasteiger partial charge in [-0.05, 0) is 30.4 Å². The zero-order valence-corrected chi connectivity index (χ0v) is 17.9. The van der Waals surface area contributed by atoms with Gasteiger partial charge in [0.1, 0.15) is 18.9 Å². The van der Waals surface area contributed by atoms with Gasteiger partial charge in [-0.3, -0.25) is 19.1 Å². The lowest BCUT2D eigenvalue weighted by Gasteiger charge is -2.29. The van der Waals surface area contributed by atoms with Gasteiger partial charge in [0.05, 0.1) is 11.6 Å². The highest BCUT2D eigenvalue weighted by Gasteiger charge is 2.56. The van der Waals surface area contributed by atoms with E-state index < -0.39 is 66.2 Å². The van der Waals surface area contributed by atoms with Gasteiger partial charge in [-0.15, -0.1) is 0 Å². The van der Waals surface area contributed by atoms with Crippen LogP contribution in [-0.4, -0.2) is 63.5 Å². The fraction of sp³-hybridized carbons (Fsp3) is 0.556. The number of H-pyrrole nitrogens is 1. The average molecular weight is 526 g/mol. The van der Waals surface area contributed by atoms with E-state index in [1.165, 1.54) is 11.1 Å². The number of alkyl halides is 3. The summed E-state index contributed by atoms with van der Waals surface area (Å²) in [4.78, 5) is 51.7. The third kappa shape index (κ3) is 4.87. The highest BCUT2D eigenvalue weighted by atomic mass is 79.9. The summed E-state index contributed by atoms with van der Waals surface area (Å²) in [6.45, 7) is -0.567. The Morgan fingerprint density at radius 2 is 2.12 bits per heavy atom. The van der Waals surface area contributed by atoms with E-state index in [4.69, 9.17) is 4.74 Å². The monoisotopic (exact) mass is 525 g/mol. The molecule has 10 nitrogen and oxygen atoms in total. The summed E-state index contributed by atoms with van der Waals surface area (Å²) in [5.41, 5.74) is -3.95. The number of ketones is 1. The first-order valence-electron chi connectivity index (χ1n) is 9.49. The molecule has 0 bridgehead atoms. The topological polar surface area (TPSA) is 140 Å². The van der Waals surface area contributed by atoms with E-state index in [1.807, 2.05) is 0 Å². The predicted molar refractivity (Wildman–Crippen MR) is 106 cm³/mol. The number of carbonyl (C=O) groups excluding carboxylic acids is 2. The summed E-state index contributed by atoms with van der Waals surface area (Å²) >= 11 is 3.00. The van der Waals surface area contributed by atoms with Crippen molar-refractivity contribution in [3.05, 3.63) is 37.6 Å². The minimum atomic E-state index is -5.28. The van der Waals surface area contributed by atoms with Crippen LogP contribution in [0.1, 0.15) is 31.1 Å². The number of aromatic nitrogens is 2. The molecule has 1 aromatic heterocycles. The molecule has 3 heterocycles. The highest BCUT2D eigenvalue weighted by Crippen LogP contribution is 2.39. The molecule has 2 saturated heterocycles. The Hall–Kier alpha value is -2.29. The summed E-state index contributed by atoms with van der Waals surface area (Å²) in [7, 11) is 0. The number of hydrogen-bond acceptors (Lipinski definition) is 8. The van der Waals surface area contributed by atoms with Gasteiger partial charge >= 0.3 is 17.8 Å². The molecule has 3 N–H and O–H groups in total. The van der Waals surface area contributed by atoms with Crippen molar-refractivity contribution >= 4 is 33.8 Å². The fourth-order valence-corrected chi connectivity index (χ4v) is 3.98. The number of esters is 1. The molecular weight excluding hydrogens is 507 g/mol. The maximum atomic E-state index is 13.0. The molecule has 3 rings (SSSR count). The molecule has 1 aromatic rings. The number of rotatable bonds is 6. The molecule has 14 heteroatoms. The quantitative estimate of drug-likeness (QED) is 0.452. The van der Waals surface area contributed by atoms with E-state index in [1.54, 1.807) is 0 Å². The maximum absolute atomic E-state index is 13.0. The standard InChI is InChI=1S/C18H19BrF3N3O7/c19-4-3-9-7-25(16(29)24-14(9)27)12-6-17(30,13(26)10-2-1-5-23-10)11(32-12)8-31-15(28)18(20,21)22/h3-4,7,10-12,23,30H,1-2,5-6,8H2,(H,24,27,29)/b4-3+/t10-,11+,12+,17-/m0/s1. The molecule has 4 atom stereocenters. The highest BCUT2D eigenvalue weighted by molar-refractivity contribution is 9.11. The Labute approximate surface area is 186 Å².